The molecule has 2 aromatic carbocycles. The number of benzene rings is 2. The molecule has 30 heavy (non-hydrogen) atoms. The van der Waals surface area contributed by atoms with Gasteiger partial charge in [-0.25, -0.2) is 13.2 Å². The second-order valence-electron chi connectivity index (χ2n) is 6.39. The van der Waals surface area contributed by atoms with Crippen molar-refractivity contribution < 1.29 is 35.9 Å². The lowest BCUT2D eigenvalue weighted by atomic mass is 10.2. The molecule has 0 aliphatic rings. The van der Waals surface area contributed by atoms with Gasteiger partial charge in [-0.2, -0.15) is 13.2 Å². The average Bonchev–Trinajstić information content (AvgIpc) is 2.65. The predicted molar refractivity (Wildman–Crippen MR) is 103 cm³/mol. The number of alkyl halides is 3. The quantitative estimate of drug-likeness (QED) is 0.640. The van der Waals surface area contributed by atoms with Crippen LogP contribution in [0.5, 0.6) is 0 Å². The van der Waals surface area contributed by atoms with E-state index in [9.17, 15) is 31.2 Å². The fourth-order valence-corrected chi connectivity index (χ4v) is 3.82. The first kappa shape index (κ1) is 23.2. The van der Waals surface area contributed by atoms with Crippen LogP contribution in [0.15, 0.2) is 47.4 Å². The van der Waals surface area contributed by atoms with Gasteiger partial charge in [0.2, 0.25) is 0 Å². The first-order valence-electron chi connectivity index (χ1n) is 8.59. The number of amides is 1. The van der Waals surface area contributed by atoms with Crippen LogP contribution in [0.25, 0.3) is 0 Å². The standard InChI is InChI=1S/C19H19F3N2O5S/c1-12-7-8-13(2)16(9-12)30(27,28)24-15-6-4-3-5-14(15)18(26)29-10-17(25)23-11-19(20,21)22/h3-9,24H,10-11H2,1-2H3,(H,23,25). The van der Waals surface area contributed by atoms with E-state index in [0.717, 1.165) is 5.56 Å². The third-order valence-electron chi connectivity index (χ3n) is 3.84. The molecule has 162 valence electrons. The van der Waals surface area contributed by atoms with Crippen LogP contribution < -0.4 is 10.0 Å². The van der Waals surface area contributed by atoms with Gasteiger partial charge < -0.3 is 10.1 Å². The molecule has 2 aromatic rings. The number of aryl methyl sites for hydroxylation is 2. The summed E-state index contributed by atoms with van der Waals surface area (Å²) in [5.74, 6) is -2.22. The Morgan fingerprint density at radius 3 is 2.40 bits per heavy atom. The van der Waals surface area contributed by atoms with Crippen molar-refractivity contribution in [2.45, 2.75) is 24.9 Å². The molecular formula is C19H19F3N2O5S. The first-order chi connectivity index (χ1) is 13.9. The molecule has 0 fully saturated rings. The van der Waals surface area contributed by atoms with Crippen LogP contribution >= 0.6 is 0 Å². The minimum atomic E-state index is -4.60. The Bertz CT molecular complexity index is 1050. The molecular weight excluding hydrogens is 425 g/mol. The lowest BCUT2D eigenvalue weighted by Crippen LogP contribution is -2.36. The summed E-state index contributed by atoms with van der Waals surface area (Å²) in [5.41, 5.74) is 0.919. The van der Waals surface area contributed by atoms with E-state index in [2.05, 4.69) is 4.72 Å². The predicted octanol–water partition coefficient (Wildman–Crippen LogP) is 2.94. The zero-order valence-electron chi connectivity index (χ0n) is 16.0. The number of carbonyl (C=O) groups excluding carboxylic acids is 2. The van der Waals surface area contributed by atoms with Gasteiger partial charge >= 0.3 is 12.1 Å². The lowest BCUT2D eigenvalue weighted by Gasteiger charge is -2.14. The van der Waals surface area contributed by atoms with Gasteiger partial charge in [-0.1, -0.05) is 24.3 Å². The van der Waals surface area contributed by atoms with E-state index in [1.54, 1.807) is 31.3 Å². The van der Waals surface area contributed by atoms with Gasteiger partial charge in [0.15, 0.2) is 6.61 Å². The zero-order chi connectivity index (χ0) is 22.5. The molecule has 0 aliphatic heterocycles. The highest BCUT2D eigenvalue weighted by atomic mass is 32.2. The maximum absolute atomic E-state index is 12.8. The molecule has 0 saturated carbocycles. The number of halogens is 3. The Kier molecular flexibility index (Phi) is 7.08. The SMILES string of the molecule is Cc1ccc(C)c(S(=O)(=O)Nc2ccccc2C(=O)OCC(=O)NCC(F)(F)F)c1. The van der Waals surface area contributed by atoms with Crippen molar-refractivity contribution in [2.24, 2.45) is 0 Å². The molecule has 1 amide bonds. The second-order valence-corrected chi connectivity index (χ2v) is 8.04. The molecule has 11 heteroatoms. The molecule has 0 bridgehead atoms. The number of rotatable bonds is 7. The van der Waals surface area contributed by atoms with Crippen LogP contribution in [0.1, 0.15) is 21.5 Å². The summed E-state index contributed by atoms with van der Waals surface area (Å²) in [6.45, 7) is 0.837. The van der Waals surface area contributed by atoms with Gasteiger partial charge in [0, 0.05) is 0 Å². The Hall–Kier alpha value is -3.08. The summed E-state index contributed by atoms with van der Waals surface area (Å²) >= 11 is 0. The van der Waals surface area contributed by atoms with Crippen LogP contribution in [0.3, 0.4) is 0 Å². The van der Waals surface area contributed by atoms with E-state index in [1.807, 2.05) is 0 Å². The number of carbonyl (C=O) groups is 2. The third-order valence-corrected chi connectivity index (χ3v) is 5.35. The van der Waals surface area contributed by atoms with Crippen molar-refractivity contribution in [1.29, 1.82) is 0 Å². The highest BCUT2D eigenvalue weighted by Crippen LogP contribution is 2.23. The summed E-state index contributed by atoms with van der Waals surface area (Å²) in [6, 6.07) is 10.4. The molecule has 0 saturated heterocycles. The van der Waals surface area contributed by atoms with Gasteiger partial charge in [-0.05, 0) is 43.2 Å². The summed E-state index contributed by atoms with van der Waals surface area (Å²) in [7, 11) is -4.04. The van der Waals surface area contributed by atoms with Gasteiger partial charge in [0.05, 0.1) is 16.1 Å². The van der Waals surface area contributed by atoms with Crippen molar-refractivity contribution in [1.82, 2.24) is 5.32 Å². The van der Waals surface area contributed by atoms with E-state index < -0.39 is 41.2 Å². The molecule has 0 aliphatic carbocycles. The number of nitrogens with one attached hydrogen (secondary N) is 2. The summed E-state index contributed by atoms with van der Waals surface area (Å²) < 4.78 is 68.8. The van der Waals surface area contributed by atoms with Crippen LogP contribution in [-0.4, -0.2) is 39.6 Å². The Balaban J connectivity index is 2.15. The van der Waals surface area contributed by atoms with Crippen molar-refractivity contribution >= 4 is 27.6 Å². The summed E-state index contributed by atoms with van der Waals surface area (Å²) in [5, 5.41) is 1.56. The number of hydrogen-bond acceptors (Lipinski definition) is 5. The minimum absolute atomic E-state index is 0.0252. The van der Waals surface area contributed by atoms with Crippen LogP contribution in [-0.2, 0) is 19.6 Å². The van der Waals surface area contributed by atoms with Crippen LogP contribution in [0.2, 0.25) is 0 Å². The van der Waals surface area contributed by atoms with E-state index in [-0.39, 0.29) is 16.1 Å². The number of ether oxygens (including phenoxy) is 1. The number of para-hydroxylation sites is 1. The molecule has 0 unspecified atom stereocenters. The number of hydrogen-bond donors (Lipinski definition) is 2. The Labute approximate surface area is 171 Å². The van der Waals surface area contributed by atoms with Gasteiger partial charge in [-0.3, -0.25) is 9.52 Å². The molecule has 0 radical (unpaired) electrons. The summed E-state index contributed by atoms with van der Waals surface area (Å²) in [4.78, 5) is 23.7. The highest BCUT2D eigenvalue weighted by Gasteiger charge is 2.28. The maximum Gasteiger partial charge on any atom is 0.405 e. The highest BCUT2D eigenvalue weighted by molar-refractivity contribution is 7.92. The monoisotopic (exact) mass is 444 g/mol. The van der Waals surface area contributed by atoms with Crippen molar-refractivity contribution in [3.05, 3.63) is 59.2 Å². The van der Waals surface area contributed by atoms with E-state index in [1.165, 1.54) is 30.3 Å². The maximum atomic E-state index is 12.8. The van der Waals surface area contributed by atoms with E-state index in [0.29, 0.717) is 5.56 Å². The van der Waals surface area contributed by atoms with Crippen molar-refractivity contribution in [3.8, 4) is 0 Å². The molecule has 7 nitrogen and oxygen atoms in total. The smallest absolute Gasteiger partial charge is 0.405 e. The van der Waals surface area contributed by atoms with Crippen molar-refractivity contribution in [2.75, 3.05) is 17.9 Å². The molecule has 2 rings (SSSR count). The summed E-state index contributed by atoms with van der Waals surface area (Å²) in [6.07, 6.45) is -4.60. The molecule has 0 aromatic heterocycles. The minimum Gasteiger partial charge on any atom is -0.452 e. The molecule has 0 spiro atoms. The fourth-order valence-electron chi connectivity index (χ4n) is 2.41. The van der Waals surface area contributed by atoms with Crippen LogP contribution in [0.4, 0.5) is 18.9 Å². The van der Waals surface area contributed by atoms with Gasteiger partial charge in [-0.15, -0.1) is 0 Å². The average molecular weight is 444 g/mol. The number of anilines is 1. The molecule has 2 N–H and O–H groups in total. The number of sulfonamides is 1. The third kappa shape index (κ3) is 6.48. The lowest BCUT2D eigenvalue weighted by molar-refractivity contribution is -0.140. The van der Waals surface area contributed by atoms with Crippen molar-refractivity contribution in [3.63, 3.8) is 0 Å². The largest absolute Gasteiger partial charge is 0.452 e. The topological polar surface area (TPSA) is 102 Å². The second kappa shape index (κ2) is 9.16. The van der Waals surface area contributed by atoms with E-state index in [4.69, 9.17) is 4.74 Å². The molecule has 0 heterocycles. The Morgan fingerprint density at radius 2 is 1.73 bits per heavy atom. The number of esters is 1. The first-order valence-corrected chi connectivity index (χ1v) is 10.1. The van der Waals surface area contributed by atoms with Gasteiger partial charge in [0.1, 0.15) is 6.54 Å². The fraction of sp³-hybridized carbons (Fsp3) is 0.263. The molecule has 0 atom stereocenters. The zero-order valence-corrected chi connectivity index (χ0v) is 16.9. The normalized spacial score (nSPS) is 11.6. The van der Waals surface area contributed by atoms with Gasteiger partial charge in [0.25, 0.3) is 15.9 Å². The van der Waals surface area contributed by atoms with Crippen LogP contribution in [0, 0.1) is 13.8 Å². The Morgan fingerprint density at radius 1 is 1.07 bits per heavy atom. The van der Waals surface area contributed by atoms with E-state index >= 15 is 0 Å².